The van der Waals surface area contributed by atoms with E-state index in [2.05, 4.69) is 10.6 Å². The minimum absolute atomic E-state index is 0.159. The predicted molar refractivity (Wildman–Crippen MR) is 120 cm³/mol. The van der Waals surface area contributed by atoms with E-state index in [-0.39, 0.29) is 17.8 Å². The minimum atomic E-state index is -0.275. The van der Waals surface area contributed by atoms with Gasteiger partial charge < -0.3 is 20.1 Å². The number of ether oxygens (including phenoxy) is 2. The highest BCUT2D eigenvalue weighted by Crippen LogP contribution is 2.31. The van der Waals surface area contributed by atoms with E-state index >= 15 is 0 Å². The lowest BCUT2D eigenvalue weighted by Crippen LogP contribution is -2.34. The van der Waals surface area contributed by atoms with E-state index in [0.717, 1.165) is 17.2 Å². The van der Waals surface area contributed by atoms with Crippen LogP contribution in [-0.2, 0) is 4.74 Å². The fraction of sp³-hybridized carbons (Fsp3) is 0.0909. The largest absolute Gasteiger partial charge is 0.483 e. The van der Waals surface area contributed by atoms with Gasteiger partial charge >= 0.3 is 0 Å². The molecule has 29 heavy (non-hydrogen) atoms. The van der Waals surface area contributed by atoms with Crippen LogP contribution < -0.4 is 15.4 Å². The highest BCUT2D eigenvalue weighted by atomic mass is 32.1. The summed E-state index contributed by atoms with van der Waals surface area (Å²) in [5.74, 6) is 1.54. The first-order chi connectivity index (χ1) is 14.1. The first kappa shape index (κ1) is 19.3. The molecular weight excluding hydrogens is 407 g/mol. The zero-order valence-corrected chi connectivity index (χ0v) is 16.8. The van der Waals surface area contributed by atoms with Gasteiger partial charge in [0, 0.05) is 11.6 Å². The van der Waals surface area contributed by atoms with Crippen molar-refractivity contribution < 1.29 is 13.9 Å². The minimum Gasteiger partial charge on any atom is -0.483 e. The van der Waals surface area contributed by atoms with Gasteiger partial charge in [0.1, 0.15) is 28.4 Å². The normalized spacial score (nSPS) is 19.3. The first-order valence-electron chi connectivity index (χ1n) is 8.96. The molecule has 7 heteroatoms. The molecule has 0 radical (unpaired) electrons. The van der Waals surface area contributed by atoms with Crippen molar-refractivity contribution in [3.63, 3.8) is 0 Å². The molecule has 0 aromatic heterocycles. The van der Waals surface area contributed by atoms with Crippen LogP contribution in [0.3, 0.4) is 0 Å². The van der Waals surface area contributed by atoms with Crippen molar-refractivity contribution in [3.05, 3.63) is 90.5 Å². The summed E-state index contributed by atoms with van der Waals surface area (Å²) in [7, 11) is 0. The van der Waals surface area contributed by atoms with Crippen molar-refractivity contribution >= 4 is 40.2 Å². The maximum Gasteiger partial charge on any atom is 0.175 e. The number of fused-ring (bicyclic) bond motifs is 1. The summed E-state index contributed by atoms with van der Waals surface area (Å²) in [6, 6.07) is 16.9. The molecule has 2 unspecified atom stereocenters. The zero-order chi connectivity index (χ0) is 20.2. The highest BCUT2D eigenvalue weighted by molar-refractivity contribution is 7.82. The van der Waals surface area contributed by atoms with E-state index in [9.17, 15) is 4.39 Å². The molecule has 146 valence electrons. The number of para-hydroxylation sites is 1. The quantitative estimate of drug-likeness (QED) is 0.640. The Bertz CT molecular complexity index is 1020. The van der Waals surface area contributed by atoms with Gasteiger partial charge in [-0.3, -0.25) is 0 Å². The molecule has 2 aromatic rings. The van der Waals surface area contributed by atoms with E-state index in [4.69, 9.17) is 33.9 Å². The Hall–Kier alpha value is -3.03. The van der Waals surface area contributed by atoms with Crippen molar-refractivity contribution in [3.8, 4) is 11.5 Å². The third kappa shape index (κ3) is 4.88. The van der Waals surface area contributed by atoms with E-state index in [1.54, 1.807) is 12.2 Å². The van der Waals surface area contributed by atoms with Crippen molar-refractivity contribution in [2.24, 2.45) is 5.92 Å². The third-order valence-electron chi connectivity index (χ3n) is 4.32. The number of thiocarbonyl (C=S) groups is 2. The second-order valence-corrected chi connectivity index (χ2v) is 7.27. The summed E-state index contributed by atoms with van der Waals surface area (Å²) in [5.41, 5.74) is 0.786. The highest BCUT2D eigenvalue weighted by Gasteiger charge is 2.30. The molecule has 4 nitrogen and oxygen atoms in total. The molecule has 4 rings (SSSR count). The van der Waals surface area contributed by atoms with Crippen LogP contribution >= 0.6 is 24.4 Å². The number of nitrogens with one attached hydrogen (secondary N) is 2. The summed E-state index contributed by atoms with van der Waals surface area (Å²) in [6.07, 6.45) is 6.15. The number of hydrogen-bond donors (Lipinski definition) is 2. The van der Waals surface area contributed by atoms with Crippen LogP contribution in [0, 0.1) is 5.92 Å². The maximum absolute atomic E-state index is 13.4. The van der Waals surface area contributed by atoms with Crippen LogP contribution in [0.15, 0.2) is 90.5 Å². The molecule has 0 fully saturated rings. The topological polar surface area (TPSA) is 42.5 Å². The van der Waals surface area contributed by atoms with Gasteiger partial charge in [-0.15, -0.1) is 0 Å². The number of allylic oxidation sites excluding steroid dienone is 2. The van der Waals surface area contributed by atoms with Gasteiger partial charge in [0.2, 0.25) is 0 Å². The molecule has 1 aliphatic carbocycles. The van der Waals surface area contributed by atoms with Crippen molar-refractivity contribution in [1.82, 2.24) is 5.32 Å². The van der Waals surface area contributed by atoms with Gasteiger partial charge in [-0.2, -0.15) is 0 Å². The first-order valence-corrected chi connectivity index (χ1v) is 9.78. The van der Waals surface area contributed by atoms with Gasteiger partial charge in [0.25, 0.3) is 0 Å². The fourth-order valence-corrected chi connectivity index (χ4v) is 3.46. The molecule has 0 bridgehead atoms. The van der Waals surface area contributed by atoms with Gasteiger partial charge in [-0.25, -0.2) is 4.39 Å². The molecule has 1 aliphatic heterocycles. The number of anilines is 1. The van der Waals surface area contributed by atoms with Gasteiger partial charge in [-0.1, -0.05) is 30.4 Å². The number of benzene rings is 2. The molecule has 2 atom stereocenters. The van der Waals surface area contributed by atoms with E-state index in [1.807, 2.05) is 54.6 Å². The Morgan fingerprint density at radius 3 is 2.45 bits per heavy atom. The van der Waals surface area contributed by atoms with Crippen molar-refractivity contribution in [2.45, 2.75) is 6.10 Å². The number of hydrogen-bond acceptors (Lipinski definition) is 4. The lowest BCUT2D eigenvalue weighted by Gasteiger charge is -2.17. The van der Waals surface area contributed by atoms with E-state index in [0.29, 0.717) is 15.9 Å². The second kappa shape index (κ2) is 8.55. The summed E-state index contributed by atoms with van der Waals surface area (Å²) in [4.78, 5) is 0.350. The molecule has 0 amide bonds. The summed E-state index contributed by atoms with van der Waals surface area (Å²) >= 11 is 10.7. The SMILES string of the molecule is FC1=CC2C=C(C(=S)NC(=S)Nc3ccc(Oc4ccccc4)cc3)OC2C=C1. The number of halogens is 1. The standard InChI is InChI=1S/C22H17FN2O2S2/c23-15-6-11-19-14(12-15)13-20(27-19)21(28)25-22(29)24-16-7-9-18(10-8-16)26-17-4-2-1-3-5-17/h1-14,19H,(H2,24,25,28,29). The van der Waals surface area contributed by atoms with Crippen LogP contribution in [0.1, 0.15) is 0 Å². The van der Waals surface area contributed by atoms with Crippen LogP contribution in [-0.4, -0.2) is 16.2 Å². The Morgan fingerprint density at radius 1 is 0.966 bits per heavy atom. The van der Waals surface area contributed by atoms with Crippen LogP contribution in [0.4, 0.5) is 10.1 Å². The average Bonchev–Trinajstić information content (AvgIpc) is 3.13. The van der Waals surface area contributed by atoms with Crippen LogP contribution in [0.25, 0.3) is 0 Å². The molecule has 2 aliphatic rings. The van der Waals surface area contributed by atoms with Gasteiger partial charge in [0.05, 0.1) is 0 Å². The summed E-state index contributed by atoms with van der Waals surface area (Å²) in [6.45, 7) is 0. The summed E-state index contributed by atoms with van der Waals surface area (Å²) in [5, 5.41) is 6.34. The Kier molecular flexibility index (Phi) is 5.69. The molecule has 1 heterocycles. The van der Waals surface area contributed by atoms with Gasteiger partial charge in [0.15, 0.2) is 10.9 Å². The van der Waals surface area contributed by atoms with Crippen LogP contribution in [0.2, 0.25) is 0 Å². The maximum atomic E-state index is 13.4. The smallest absolute Gasteiger partial charge is 0.175 e. The number of rotatable bonds is 4. The Morgan fingerprint density at radius 2 is 1.69 bits per heavy atom. The molecule has 0 spiro atoms. The second-order valence-electron chi connectivity index (χ2n) is 6.45. The lowest BCUT2D eigenvalue weighted by atomic mass is 9.98. The van der Waals surface area contributed by atoms with Crippen molar-refractivity contribution in [1.29, 1.82) is 0 Å². The van der Waals surface area contributed by atoms with E-state index < -0.39 is 0 Å². The van der Waals surface area contributed by atoms with Crippen molar-refractivity contribution in [2.75, 3.05) is 5.32 Å². The fourth-order valence-electron chi connectivity index (χ4n) is 2.96. The molecule has 2 aromatic carbocycles. The monoisotopic (exact) mass is 424 g/mol. The van der Waals surface area contributed by atoms with Gasteiger partial charge in [-0.05, 0) is 72.9 Å². The predicted octanol–water partition coefficient (Wildman–Crippen LogP) is 5.41. The molecule has 0 saturated heterocycles. The van der Waals surface area contributed by atoms with Crippen LogP contribution in [0.5, 0.6) is 11.5 Å². The average molecular weight is 425 g/mol. The lowest BCUT2D eigenvalue weighted by molar-refractivity contribution is 0.177. The Balaban J connectivity index is 1.31. The molecule has 0 saturated carbocycles. The molecule has 2 N–H and O–H groups in total. The third-order valence-corrected chi connectivity index (χ3v) is 4.83. The Labute approximate surface area is 178 Å². The molecular formula is C22H17FN2O2S2. The zero-order valence-electron chi connectivity index (χ0n) is 15.2. The summed E-state index contributed by atoms with van der Waals surface area (Å²) < 4.78 is 24.9. The van der Waals surface area contributed by atoms with E-state index in [1.165, 1.54) is 12.2 Å².